The lowest BCUT2D eigenvalue weighted by molar-refractivity contribution is 0.0944. The van der Waals surface area contributed by atoms with Crippen molar-refractivity contribution in [3.05, 3.63) is 34.9 Å². The van der Waals surface area contributed by atoms with Gasteiger partial charge in [-0.3, -0.25) is 15.6 Å². The van der Waals surface area contributed by atoms with E-state index in [-0.39, 0.29) is 11.0 Å². The number of aryl methyl sites for hydroxylation is 2. The van der Waals surface area contributed by atoms with Crippen molar-refractivity contribution in [2.45, 2.75) is 13.8 Å². The van der Waals surface area contributed by atoms with E-state index in [0.717, 1.165) is 11.1 Å². The number of carbonyl (C=O) groups excluding carboxylic acids is 1. The summed E-state index contributed by atoms with van der Waals surface area (Å²) < 4.78 is 0. The second-order valence-corrected chi connectivity index (χ2v) is 3.76. The van der Waals surface area contributed by atoms with Crippen molar-refractivity contribution >= 4 is 23.2 Å². The largest absolute Gasteiger partial charge is 0.375 e. The SMILES string of the molecule is Cc1cc(C)cc(C(=O)NNC(N)=S)c1. The first-order valence-electron chi connectivity index (χ1n) is 4.43. The van der Waals surface area contributed by atoms with Crippen LogP contribution in [-0.2, 0) is 0 Å². The molecule has 5 heteroatoms. The van der Waals surface area contributed by atoms with Crippen molar-refractivity contribution in [3.8, 4) is 0 Å². The molecule has 0 saturated carbocycles. The third kappa shape index (κ3) is 3.55. The van der Waals surface area contributed by atoms with Gasteiger partial charge in [-0.15, -0.1) is 0 Å². The maximum Gasteiger partial charge on any atom is 0.269 e. The average molecular weight is 223 g/mol. The minimum absolute atomic E-state index is 0.0349. The fourth-order valence-electron chi connectivity index (χ4n) is 1.30. The van der Waals surface area contributed by atoms with Crippen molar-refractivity contribution in [1.82, 2.24) is 10.9 Å². The summed E-state index contributed by atoms with van der Waals surface area (Å²) >= 11 is 4.57. The number of rotatable bonds is 1. The summed E-state index contributed by atoms with van der Waals surface area (Å²) in [4.78, 5) is 11.6. The molecule has 0 radical (unpaired) electrons. The van der Waals surface area contributed by atoms with Gasteiger partial charge < -0.3 is 5.73 Å². The van der Waals surface area contributed by atoms with Crippen molar-refractivity contribution in [2.75, 3.05) is 0 Å². The highest BCUT2D eigenvalue weighted by Crippen LogP contribution is 2.08. The molecule has 0 aliphatic rings. The summed E-state index contributed by atoms with van der Waals surface area (Å²) in [6, 6.07) is 5.59. The van der Waals surface area contributed by atoms with Crippen molar-refractivity contribution in [3.63, 3.8) is 0 Å². The van der Waals surface area contributed by atoms with Crippen LogP contribution < -0.4 is 16.6 Å². The average Bonchev–Trinajstić information content (AvgIpc) is 2.12. The molecule has 80 valence electrons. The predicted octanol–water partition coefficient (Wildman–Crippen LogP) is 0.781. The molecule has 1 amide bonds. The number of thiocarbonyl (C=S) groups is 1. The Labute approximate surface area is 93.8 Å². The van der Waals surface area contributed by atoms with Crippen LogP contribution in [0.5, 0.6) is 0 Å². The third-order valence-corrected chi connectivity index (χ3v) is 1.89. The van der Waals surface area contributed by atoms with Crippen molar-refractivity contribution < 1.29 is 4.79 Å². The molecule has 0 unspecified atom stereocenters. The molecular formula is C10H13N3OS. The first-order valence-corrected chi connectivity index (χ1v) is 4.84. The molecule has 0 fully saturated rings. The minimum Gasteiger partial charge on any atom is -0.375 e. The zero-order valence-corrected chi connectivity index (χ0v) is 9.44. The maximum atomic E-state index is 11.6. The molecule has 15 heavy (non-hydrogen) atoms. The predicted molar refractivity (Wildman–Crippen MR) is 63.3 cm³/mol. The molecule has 0 spiro atoms. The van der Waals surface area contributed by atoms with Crippen LogP contribution in [0.15, 0.2) is 18.2 Å². The second-order valence-electron chi connectivity index (χ2n) is 3.32. The van der Waals surface area contributed by atoms with E-state index in [0.29, 0.717) is 5.56 Å². The normalized spacial score (nSPS) is 9.47. The number of hydrogen-bond donors (Lipinski definition) is 3. The summed E-state index contributed by atoms with van der Waals surface area (Å²) in [6.07, 6.45) is 0. The van der Waals surface area contributed by atoms with E-state index in [9.17, 15) is 4.79 Å². The van der Waals surface area contributed by atoms with Gasteiger partial charge in [0.05, 0.1) is 0 Å². The lowest BCUT2D eigenvalue weighted by Crippen LogP contribution is -2.44. The molecule has 4 N–H and O–H groups in total. The van der Waals surface area contributed by atoms with Gasteiger partial charge in [-0.1, -0.05) is 17.2 Å². The Morgan fingerprint density at radius 2 is 1.73 bits per heavy atom. The molecule has 0 atom stereocenters. The van der Waals surface area contributed by atoms with Crippen LogP contribution in [0.4, 0.5) is 0 Å². The molecule has 1 aromatic rings. The van der Waals surface area contributed by atoms with Gasteiger partial charge in [0.1, 0.15) is 0 Å². The Balaban J connectivity index is 2.77. The van der Waals surface area contributed by atoms with Gasteiger partial charge in [0, 0.05) is 5.56 Å². The van der Waals surface area contributed by atoms with Crippen molar-refractivity contribution in [2.24, 2.45) is 5.73 Å². The highest BCUT2D eigenvalue weighted by molar-refractivity contribution is 7.80. The van der Waals surface area contributed by atoms with Crippen LogP contribution in [0, 0.1) is 13.8 Å². The second kappa shape index (κ2) is 4.75. The van der Waals surface area contributed by atoms with E-state index >= 15 is 0 Å². The maximum absolute atomic E-state index is 11.6. The summed E-state index contributed by atoms with van der Waals surface area (Å²) in [5.74, 6) is -0.255. The topological polar surface area (TPSA) is 67.2 Å². The third-order valence-electron chi connectivity index (χ3n) is 1.78. The molecule has 0 aliphatic carbocycles. The van der Waals surface area contributed by atoms with Crippen LogP contribution >= 0.6 is 12.2 Å². The highest BCUT2D eigenvalue weighted by Gasteiger charge is 2.05. The standard InChI is InChI=1S/C10H13N3OS/c1-6-3-7(2)5-8(4-6)9(14)12-13-10(11)15/h3-5H,1-2H3,(H,12,14)(H3,11,13,15). The Bertz CT molecular complexity index is 383. The molecule has 0 aliphatic heterocycles. The molecule has 0 heterocycles. The molecular weight excluding hydrogens is 210 g/mol. The molecule has 0 saturated heterocycles. The number of carbonyl (C=O) groups is 1. The van der Waals surface area contributed by atoms with Crippen LogP contribution in [0.3, 0.4) is 0 Å². The van der Waals surface area contributed by atoms with Crippen LogP contribution in [0.25, 0.3) is 0 Å². The number of nitrogens with two attached hydrogens (primary N) is 1. The van der Waals surface area contributed by atoms with E-state index in [1.807, 2.05) is 19.9 Å². The fourth-order valence-corrected chi connectivity index (χ4v) is 1.35. The zero-order valence-electron chi connectivity index (χ0n) is 8.63. The van der Waals surface area contributed by atoms with E-state index < -0.39 is 0 Å². The number of hydrazine groups is 1. The molecule has 4 nitrogen and oxygen atoms in total. The van der Waals surface area contributed by atoms with Crippen molar-refractivity contribution in [1.29, 1.82) is 0 Å². The monoisotopic (exact) mass is 223 g/mol. The van der Waals surface area contributed by atoms with E-state index in [1.54, 1.807) is 12.1 Å². The Hall–Kier alpha value is -1.62. The van der Waals surface area contributed by atoms with E-state index in [4.69, 9.17) is 5.73 Å². The Morgan fingerprint density at radius 3 is 2.20 bits per heavy atom. The smallest absolute Gasteiger partial charge is 0.269 e. The van der Waals surface area contributed by atoms with Gasteiger partial charge in [-0.05, 0) is 38.2 Å². The molecule has 0 bridgehead atoms. The molecule has 0 aromatic heterocycles. The van der Waals surface area contributed by atoms with Gasteiger partial charge in [-0.25, -0.2) is 0 Å². The van der Waals surface area contributed by atoms with Gasteiger partial charge >= 0.3 is 0 Å². The lowest BCUT2D eigenvalue weighted by Gasteiger charge is -2.07. The van der Waals surface area contributed by atoms with Gasteiger partial charge in [0.2, 0.25) is 0 Å². The first kappa shape index (κ1) is 11.5. The van der Waals surface area contributed by atoms with Gasteiger partial charge in [0.15, 0.2) is 5.11 Å². The Kier molecular flexibility index (Phi) is 3.62. The van der Waals surface area contributed by atoms with Gasteiger partial charge in [0.25, 0.3) is 5.91 Å². The van der Waals surface area contributed by atoms with Crippen LogP contribution in [0.1, 0.15) is 21.5 Å². The quantitative estimate of drug-likeness (QED) is 0.486. The van der Waals surface area contributed by atoms with Gasteiger partial charge in [-0.2, -0.15) is 0 Å². The number of benzene rings is 1. The van der Waals surface area contributed by atoms with E-state index in [1.165, 1.54) is 0 Å². The van der Waals surface area contributed by atoms with E-state index in [2.05, 4.69) is 23.1 Å². The number of hydrogen-bond acceptors (Lipinski definition) is 2. The molecule has 1 aromatic carbocycles. The lowest BCUT2D eigenvalue weighted by atomic mass is 10.1. The first-order chi connectivity index (χ1) is 6.99. The number of amides is 1. The summed E-state index contributed by atoms with van der Waals surface area (Å²) in [7, 11) is 0. The highest BCUT2D eigenvalue weighted by atomic mass is 32.1. The minimum atomic E-state index is -0.255. The van der Waals surface area contributed by atoms with Crippen LogP contribution in [0.2, 0.25) is 0 Å². The zero-order chi connectivity index (χ0) is 11.4. The van der Waals surface area contributed by atoms with Crippen LogP contribution in [-0.4, -0.2) is 11.0 Å². The summed E-state index contributed by atoms with van der Waals surface area (Å²) in [5.41, 5.74) is 12.6. The molecule has 1 rings (SSSR count). The summed E-state index contributed by atoms with van der Waals surface area (Å²) in [5, 5.41) is 0.0349. The Morgan fingerprint density at radius 1 is 1.20 bits per heavy atom. The fraction of sp³-hybridized carbons (Fsp3) is 0.200. The summed E-state index contributed by atoms with van der Waals surface area (Å²) in [6.45, 7) is 3.87. The number of nitrogens with one attached hydrogen (secondary N) is 2.